The fourth-order valence-corrected chi connectivity index (χ4v) is 21.8. The van der Waals surface area contributed by atoms with Crippen LogP contribution in [0.15, 0.2) is 203 Å². The number of carbonyl (C=O) groups excluding carboxylic acids is 4. The van der Waals surface area contributed by atoms with Crippen LogP contribution in [0.2, 0.25) is 20.1 Å². The predicted molar refractivity (Wildman–Crippen MR) is 547 cm³/mol. The number of aromatic nitrogens is 16. The number of fused-ring (bicyclic) bond motifs is 12. The zero-order valence-corrected chi connectivity index (χ0v) is 87.7. The van der Waals surface area contributed by atoms with Crippen LogP contribution in [0.1, 0.15) is 206 Å². The number of nitrogens with zero attached hydrogens (tertiary/aromatic N) is 21. The molecule has 35 nitrogen and oxygen atoms in total. The number of phenols is 1. The zero-order valence-electron chi connectivity index (χ0n) is 78.5. The number of halogens is 4. The van der Waals surface area contributed by atoms with Crippen molar-refractivity contribution in [2.45, 2.75) is 144 Å². The average Bonchev–Trinajstić information content (AvgIpc) is 1.60. The number of hydrogen-bond donors (Lipinski definition) is 7. The quantitative estimate of drug-likeness (QED) is 0.0143. The summed E-state index contributed by atoms with van der Waals surface area (Å²) in [4.78, 5) is 90.5. The monoisotopic (exact) mass is 2080 g/mol. The zero-order chi connectivity index (χ0) is 99.3. The largest absolute Gasteiger partial charge is 1.00 e. The molecule has 0 radical (unpaired) electrons. The molecule has 0 bridgehead atoms. The first-order chi connectivity index (χ1) is 67.9. The van der Waals surface area contributed by atoms with Gasteiger partial charge in [0.05, 0.1) is 73.5 Å². The van der Waals surface area contributed by atoms with Gasteiger partial charge in [-0.05, 0) is 196 Å². The summed E-state index contributed by atoms with van der Waals surface area (Å²) in [5.41, 5.74) is 24.7. The summed E-state index contributed by atoms with van der Waals surface area (Å²) in [5.74, 6) is 5.18. The third kappa shape index (κ3) is 22.3. The maximum atomic E-state index is 12.9. The van der Waals surface area contributed by atoms with Crippen LogP contribution in [-0.2, 0) is 36.7 Å². The molecule has 20 rings (SSSR count). The summed E-state index contributed by atoms with van der Waals surface area (Å²) < 4.78 is 35.0. The van der Waals surface area contributed by atoms with Crippen LogP contribution in [0.5, 0.6) is 5.75 Å². The van der Waals surface area contributed by atoms with Crippen LogP contribution in [-0.4, -0.2) is 165 Å². The number of furan rings is 1. The molecule has 11 aromatic heterocycles. The second-order valence-electron chi connectivity index (χ2n) is 32.9. The summed E-state index contributed by atoms with van der Waals surface area (Å²) >= 11 is 28.8. The molecular formula is C97H88Cl4N27NaO8S5. The van der Waals surface area contributed by atoms with E-state index in [1.165, 1.54) is 45.4 Å². The molecule has 1 unspecified atom stereocenters. The molecule has 718 valence electrons. The number of imidazole rings is 2. The Morgan fingerprint density at radius 1 is 0.451 bits per heavy atom. The van der Waals surface area contributed by atoms with Crippen LogP contribution < -0.4 is 51.2 Å². The predicted octanol–water partition coefficient (Wildman–Crippen LogP) is 14.6. The van der Waals surface area contributed by atoms with E-state index in [2.05, 4.69) is 158 Å². The molecule has 45 heteroatoms. The van der Waals surface area contributed by atoms with E-state index in [-0.39, 0.29) is 89.6 Å². The first-order valence-electron chi connectivity index (χ1n) is 44.0. The number of aromatic hydroxyl groups is 1. The van der Waals surface area contributed by atoms with Crippen LogP contribution >= 0.6 is 91.8 Å². The van der Waals surface area contributed by atoms with Gasteiger partial charge in [-0.25, -0.2) is 26.2 Å². The summed E-state index contributed by atoms with van der Waals surface area (Å²) in [7, 11) is 0. The SMILES string of the molecule is Cc1sc2c(c1C)C(c1ccc(Cl)cc1)=N[C@@H](CC(=O)N/N=C/c1ccc(S(=O)[O-])o1)c1nnc(C)n1-2.Cc1sc2c(c1C)C(c1ccc(Cl)cc1)=N[C@@H](CC(=O)N/N=C/c1ncc[nH]1)c1nnc(C)n1-2.Cc1sc2c(c1C)C(c1ccc(Cl)cc1)=N[C@@H](CC(=O)N/N=C\c1ccc(O)cc1)c1nnc(C)n1-2.Cc1sc2c(c1C)C(c1ccc(Cl)cc1)=N[C@@H](CC(=O)NCCc1cnc[nH]1)c1nnc(C)n1-2.[Na+]. The molecule has 0 spiro atoms. The molecule has 5 aromatic carbocycles. The average molecular weight is 2090 g/mol. The Bertz CT molecular complexity index is 7680. The van der Waals surface area contributed by atoms with Gasteiger partial charge in [-0.3, -0.25) is 61.6 Å². The third-order valence-corrected chi connectivity index (χ3v) is 29.9. The van der Waals surface area contributed by atoms with Gasteiger partial charge in [0.1, 0.15) is 84.8 Å². The van der Waals surface area contributed by atoms with Crippen LogP contribution in [0.25, 0.3) is 20.0 Å². The molecule has 0 saturated heterocycles. The Hall–Kier alpha value is -13.2. The number of aliphatic imine (C=N–C) groups is 4. The number of H-pyrrole nitrogens is 2. The number of hydrazone groups is 3. The Morgan fingerprint density at radius 3 is 1.11 bits per heavy atom. The molecule has 7 N–H and O–H groups in total. The molecule has 0 fully saturated rings. The number of thiophene rings is 4. The molecule has 15 heterocycles. The van der Waals surface area contributed by atoms with Gasteiger partial charge < -0.3 is 29.4 Å². The number of carbonyl (C=O) groups is 4. The molecule has 0 saturated carbocycles. The van der Waals surface area contributed by atoms with E-state index >= 15 is 0 Å². The van der Waals surface area contributed by atoms with Crippen molar-refractivity contribution in [1.29, 1.82) is 0 Å². The first-order valence-corrected chi connectivity index (χ1v) is 49.9. The van der Waals surface area contributed by atoms with E-state index in [1.54, 1.807) is 94.5 Å². The van der Waals surface area contributed by atoms with Crippen molar-refractivity contribution in [3.05, 3.63) is 334 Å². The van der Waals surface area contributed by atoms with Crippen molar-refractivity contribution in [1.82, 2.24) is 101 Å². The van der Waals surface area contributed by atoms with Crippen molar-refractivity contribution < 1.29 is 67.0 Å². The Morgan fingerprint density at radius 2 is 0.789 bits per heavy atom. The molecule has 4 amide bonds. The molecule has 0 aliphatic carbocycles. The van der Waals surface area contributed by atoms with Crippen molar-refractivity contribution in [3.63, 3.8) is 0 Å². The number of rotatable bonds is 22. The van der Waals surface area contributed by atoms with Crippen molar-refractivity contribution in [2.24, 2.45) is 35.3 Å². The maximum absolute atomic E-state index is 12.9. The van der Waals surface area contributed by atoms with Gasteiger partial charge in [-0.2, -0.15) is 15.3 Å². The second kappa shape index (κ2) is 44.5. The summed E-state index contributed by atoms with van der Waals surface area (Å²) in [5, 5.41) is 65.5. The van der Waals surface area contributed by atoms with Crippen LogP contribution in [0, 0.1) is 83.1 Å². The van der Waals surface area contributed by atoms with Crippen LogP contribution in [0.3, 0.4) is 0 Å². The fourth-order valence-electron chi connectivity index (χ4n) is 16.1. The smallest absolute Gasteiger partial charge is 0.766 e. The summed E-state index contributed by atoms with van der Waals surface area (Å²) in [6.45, 7) is 24.8. The minimum atomic E-state index is -2.49. The number of aromatic amines is 2. The van der Waals surface area contributed by atoms with E-state index in [0.29, 0.717) is 68.0 Å². The van der Waals surface area contributed by atoms with Gasteiger partial charge in [0, 0.05) is 132 Å². The second-order valence-corrected chi connectivity index (χ2v) is 40.4. The first kappa shape index (κ1) is 102. The number of amides is 4. The van der Waals surface area contributed by atoms with Crippen molar-refractivity contribution in [3.8, 4) is 25.8 Å². The Balaban J connectivity index is 0.000000136. The van der Waals surface area contributed by atoms with Gasteiger partial charge in [-0.1, -0.05) is 94.9 Å². The minimum absolute atomic E-state index is 0. The Labute approximate surface area is 874 Å². The third-order valence-electron chi connectivity index (χ3n) is 23.6. The number of nitrogens with one attached hydrogen (secondary N) is 6. The van der Waals surface area contributed by atoms with E-state index in [9.17, 15) is 33.0 Å². The van der Waals surface area contributed by atoms with Gasteiger partial charge in [0.15, 0.2) is 28.4 Å². The summed E-state index contributed by atoms with van der Waals surface area (Å²) in [6, 6.07) is 37.2. The van der Waals surface area contributed by atoms with Crippen molar-refractivity contribution in [2.75, 3.05) is 6.54 Å². The van der Waals surface area contributed by atoms with Gasteiger partial charge >= 0.3 is 29.6 Å². The normalized spacial score (nSPS) is 15.0. The van der Waals surface area contributed by atoms with Gasteiger partial charge in [-0.15, -0.1) is 86.1 Å². The molecule has 5 atom stereocenters. The molecule has 4 aliphatic rings. The number of aryl methyl sites for hydroxylation is 8. The topological polar surface area (TPSA) is 457 Å². The van der Waals surface area contributed by atoms with Crippen LogP contribution in [0.4, 0.5) is 0 Å². The van der Waals surface area contributed by atoms with E-state index in [4.69, 9.17) is 70.8 Å². The van der Waals surface area contributed by atoms with E-state index in [1.807, 2.05) is 138 Å². The minimum Gasteiger partial charge on any atom is -0.766 e. The molecule has 142 heavy (non-hydrogen) atoms. The van der Waals surface area contributed by atoms with E-state index in [0.717, 1.165) is 143 Å². The molecule has 4 aliphatic heterocycles. The molecule has 16 aromatic rings. The van der Waals surface area contributed by atoms with Gasteiger partial charge in [0.25, 0.3) is 0 Å². The number of phenolic OH excluding ortho intramolecular Hbond substituents is 1. The van der Waals surface area contributed by atoms with Crippen molar-refractivity contribution >= 4 is 168 Å². The fraction of sp³-hybridized carbons (Fsp3) is 0.227. The van der Waals surface area contributed by atoms with Gasteiger partial charge in [0.2, 0.25) is 23.6 Å². The standard InChI is InChI=1S/C26H23ClN6O2S.C24H24ClN7OS.C24H21ClN6O4S2.C23H21ClN8OS.Na/c1-14-15(2)36-26-23(14)24(18-6-8-19(27)9-7-18)29-21(25-32-30-16(3)33(25)26)12-22(35)31-28-13-17-4-10-20(34)11-5-17;1-13-14(2)34-24-21(13)22(16-4-6-17(25)7-5-16)29-19(23-31-30-15(3)32(23)24)10-20(33)27-9-8-18-11-26-12-28-18;1-12-13(2)36-24-21(12)22(15-4-6-16(25)7-5-15)27-18(23-30-28-14(3)31(23)24)10-19(32)29-26-11-17-8-9-20(35-17)37(33)34;1-12-13(2)34-23-20(12)21(15-4-6-16(24)7-5-15)28-17(22-31-29-14(3)32(22)23)10-19(33)30-27-11-18-25-8-9-26-18;/h4-11,13,21,34H,12H2,1-3H3,(H,31,35);4-7,11-12,19H,8-10H2,1-3H3,(H,26,28)(H,27,33);4-9,11,18H,10H2,1-3H3,(H,29,32)(H,33,34);4-9,11,17H,10H2,1-3H3,(H,25,26)(H,30,33);/q;;;;+1/p-1/b28-13-;;26-11+;27-11+;/t21-;19-;18-;17-;/m0000./s1. The maximum Gasteiger partial charge on any atom is 1.00 e. The number of hydrogen-bond acceptors (Lipinski definition) is 29. The van der Waals surface area contributed by atoms with E-state index < -0.39 is 41.2 Å². The molecular weight excluding hydrogens is 2000 g/mol. The summed E-state index contributed by atoms with van der Waals surface area (Å²) in [6.07, 6.45) is 11.8. The Kier molecular flexibility index (Phi) is 31.9. The number of benzene rings is 5.